The average molecular weight is 184 g/mol. The van der Waals surface area contributed by atoms with Crippen molar-refractivity contribution >= 4 is 0 Å². The minimum atomic E-state index is -0.788. The molecular formula is C11H20O2. The van der Waals surface area contributed by atoms with Crippen molar-refractivity contribution in [2.75, 3.05) is 7.11 Å². The van der Waals surface area contributed by atoms with Crippen LogP contribution in [0.3, 0.4) is 0 Å². The number of methoxy groups -OCH3 is 1. The number of aliphatic hydroxyl groups is 1. The minimum Gasteiger partial charge on any atom is -0.497 e. The van der Waals surface area contributed by atoms with E-state index in [0.29, 0.717) is 0 Å². The smallest absolute Gasteiger partial charge is 0.120 e. The Bertz CT molecular complexity index is 225. The summed E-state index contributed by atoms with van der Waals surface area (Å²) in [5.41, 5.74) is 1.29. The summed E-state index contributed by atoms with van der Waals surface area (Å²) in [6, 6.07) is 0. The molecule has 0 saturated carbocycles. The second-order valence-corrected chi connectivity index (χ2v) is 4.01. The summed E-state index contributed by atoms with van der Waals surface area (Å²) in [5, 5.41) is 9.56. The quantitative estimate of drug-likeness (QED) is 0.539. The van der Waals surface area contributed by atoms with Crippen LogP contribution in [0.25, 0.3) is 0 Å². The Morgan fingerprint density at radius 2 is 1.69 bits per heavy atom. The summed E-state index contributed by atoms with van der Waals surface area (Å²) in [6.07, 6.45) is 1.79. The van der Waals surface area contributed by atoms with Crippen LogP contribution in [-0.4, -0.2) is 17.8 Å². The summed E-state index contributed by atoms with van der Waals surface area (Å²) < 4.78 is 5.22. The molecule has 0 aromatic rings. The molecule has 0 aliphatic heterocycles. The molecule has 0 atom stereocenters. The number of hydrogen-bond donors (Lipinski definition) is 1. The summed E-state index contributed by atoms with van der Waals surface area (Å²) >= 11 is 0. The average Bonchev–Trinajstić information content (AvgIpc) is 1.82. The zero-order chi connectivity index (χ0) is 10.6. The fraction of sp³-hybridized carbons (Fsp3) is 0.636. The van der Waals surface area contributed by atoms with Crippen LogP contribution in [-0.2, 0) is 4.74 Å². The Balaban J connectivity index is 4.88. The molecule has 0 radical (unpaired) electrons. The van der Waals surface area contributed by atoms with Crippen molar-refractivity contribution in [3.05, 3.63) is 23.0 Å². The Hall–Kier alpha value is -0.760. The molecule has 0 amide bonds. The number of hydrogen-bond acceptors (Lipinski definition) is 2. The van der Waals surface area contributed by atoms with E-state index in [9.17, 15) is 5.11 Å². The SMILES string of the molecule is COC(=C(C)C)/C(C)=C/C(C)(C)O. The molecular weight excluding hydrogens is 164 g/mol. The van der Waals surface area contributed by atoms with Gasteiger partial charge in [-0.25, -0.2) is 0 Å². The molecule has 0 aromatic heterocycles. The largest absolute Gasteiger partial charge is 0.497 e. The maximum Gasteiger partial charge on any atom is 0.120 e. The number of ether oxygens (including phenoxy) is 1. The highest BCUT2D eigenvalue weighted by Crippen LogP contribution is 2.18. The van der Waals surface area contributed by atoms with Gasteiger partial charge in [-0.3, -0.25) is 0 Å². The summed E-state index contributed by atoms with van der Waals surface area (Å²) in [5.74, 6) is 0.849. The van der Waals surface area contributed by atoms with Gasteiger partial charge in [-0.05, 0) is 51.8 Å². The van der Waals surface area contributed by atoms with E-state index in [1.54, 1.807) is 27.0 Å². The Morgan fingerprint density at radius 1 is 1.23 bits per heavy atom. The van der Waals surface area contributed by atoms with E-state index in [1.807, 2.05) is 20.8 Å². The van der Waals surface area contributed by atoms with Gasteiger partial charge in [-0.15, -0.1) is 0 Å². The van der Waals surface area contributed by atoms with Gasteiger partial charge in [0, 0.05) is 0 Å². The van der Waals surface area contributed by atoms with Gasteiger partial charge in [-0.1, -0.05) is 0 Å². The Kier molecular flexibility index (Phi) is 4.21. The summed E-state index contributed by atoms with van der Waals surface area (Å²) in [4.78, 5) is 0. The molecule has 0 aliphatic carbocycles. The fourth-order valence-electron chi connectivity index (χ4n) is 1.35. The second kappa shape index (κ2) is 4.47. The molecule has 0 spiro atoms. The lowest BCUT2D eigenvalue weighted by molar-refractivity contribution is 0.131. The van der Waals surface area contributed by atoms with Crippen molar-refractivity contribution in [1.29, 1.82) is 0 Å². The van der Waals surface area contributed by atoms with Crippen LogP contribution in [0.5, 0.6) is 0 Å². The van der Waals surface area contributed by atoms with E-state index < -0.39 is 5.60 Å². The third-order valence-electron chi connectivity index (χ3n) is 1.59. The zero-order valence-electron chi connectivity index (χ0n) is 9.43. The number of allylic oxidation sites excluding steroid dienone is 2. The second-order valence-electron chi connectivity index (χ2n) is 4.01. The predicted molar refractivity (Wildman–Crippen MR) is 55.4 cm³/mol. The third-order valence-corrected chi connectivity index (χ3v) is 1.59. The fourth-order valence-corrected chi connectivity index (χ4v) is 1.35. The third kappa shape index (κ3) is 4.73. The van der Waals surface area contributed by atoms with E-state index in [2.05, 4.69) is 0 Å². The van der Waals surface area contributed by atoms with Gasteiger partial charge in [0.1, 0.15) is 5.76 Å². The first-order chi connectivity index (χ1) is 5.78. The normalized spacial score (nSPS) is 12.7. The van der Waals surface area contributed by atoms with Crippen molar-refractivity contribution in [3.8, 4) is 0 Å². The van der Waals surface area contributed by atoms with E-state index in [1.165, 1.54) is 0 Å². The molecule has 0 unspecified atom stereocenters. The van der Waals surface area contributed by atoms with Gasteiger partial charge in [0.15, 0.2) is 0 Å². The molecule has 0 aliphatic rings. The lowest BCUT2D eigenvalue weighted by Crippen LogP contribution is -2.15. The van der Waals surface area contributed by atoms with Crippen LogP contribution in [0.15, 0.2) is 23.0 Å². The molecule has 13 heavy (non-hydrogen) atoms. The van der Waals surface area contributed by atoms with Crippen molar-refractivity contribution in [3.63, 3.8) is 0 Å². The molecule has 0 aromatic carbocycles. The molecule has 0 saturated heterocycles. The first-order valence-electron chi connectivity index (χ1n) is 4.41. The Morgan fingerprint density at radius 3 is 1.92 bits per heavy atom. The van der Waals surface area contributed by atoms with Crippen molar-refractivity contribution in [2.24, 2.45) is 0 Å². The van der Waals surface area contributed by atoms with Gasteiger partial charge in [0.25, 0.3) is 0 Å². The first-order valence-corrected chi connectivity index (χ1v) is 4.41. The minimum absolute atomic E-state index is 0.788. The maximum atomic E-state index is 9.56. The molecule has 0 rings (SSSR count). The lowest BCUT2D eigenvalue weighted by Gasteiger charge is -2.15. The van der Waals surface area contributed by atoms with Crippen LogP contribution in [0.2, 0.25) is 0 Å². The van der Waals surface area contributed by atoms with Crippen LogP contribution < -0.4 is 0 Å². The van der Waals surface area contributed by atoms with Crippen LogP contribution >= 0.6 is 0 Å². The van der Waals surface area contributed by atoms with E-state index >= 15 is 0 Å². The Labute approximate surface area is 80.9 Å². The van der Waals surface area contributed by atoms with Crippen molar-refractivity contribution in [1.82, 2.24) is 0 Å². The highest BCUT2D eigenvalue weighted by atomic mass is 16.5. The van der Waals surface area contributed by atoms with Crippen molar-refractivity contribution < 1.29 is 9.84 Å². The molecule has 0 bridgehead atoms. The molecule has 2 heteroatoms. The highest BCUT2D eigenvalue weighted by Gasteiger charge is 2.11. The molecule has 0 fully saturated rings. The molecule has 2 nitrogen and oxygen atoms in total. The van der Waals surface area contributed by atoms with Gasteiger partial charge >= 0.3 is 0 Å². The monoisotopic (exact) mass is 184 g/mol. The van der Waals surface area contributed by atoms with Crippen molar-refractivity contribution in [2.45, 2.75) is 40.2 Å². The van der Waals surface area contributed by atoms with Crippen LogP contribution in [0.1, 0.15) is 34.6 Å². The maximum absolute atomic E-state index is 9.56. The molecule has 1 N–H and O–H groups in total. The van der Waals surface area contributed by atoms with E-state index in [0.717, 1.165) is 16.9 Å². The summed E-state index contributed by atoms with van der Waals surface area (Å²) in [6.45, 7) is 9.40. The van der Waals surface area contributed by atoms with E-state index in [4.69, 9.17) is 4.74 Å². The molecule has 76 valence electrons. The van der Waals surface area contributed by atoms with E-state index in [-0.39, 0.29) is 0 Å². The molecule has 0 heterocycles. The van der Waals surface area contributed by atoms with Crippen LogP contribution in [0, 0.1) is 0 Å². The zero-order valence-corrected chi connectivity index (χ0v) is 9.43. The summed E-state index contributed by atoms with van der Waals surface area (Å²) in [7, 11) is 1.64. The standard InChI is InChI=1S/C11H20O2/c1-8(2)10(13-6)9(3)7-11(4,5)12/h7,12H,1-6H3/b9-7+. The number of rotatable bonds is 3. The highest BCUT2D eigenvalue weighted by molar-refractivity contribution is 5.29. The van der Waals surface area contributed by atoms with Gasteiger partial charge in [-0.2, -0.15) is 0 Å². The first kappa shape index (κ1) is 12.2. The topological polar surface area (TPSA) is 29.5 Å². The van der Waals surface area contributed by atoms with Gasteiger partial charge in [0.2, 0.25) is 0 Å². The van der Waals surface area contributed by atoms with Gasteiger partial charge < -0.3 is 9.84 Å². The lowest BCUT2D eigenvalue weighted by atomic mass is 10.0. The van der Waals surface area contributed by atoms with Crippen LogP contribution in [0.4, 0.5) is 0 Å². The predicted octanol–water partition coefficient (Wildman–Crippen LogP) is 2.64. The van der Waals surface area contributed by atoms with Gasteiger partial charge in [0.05, 0.1) is 12.7 Å².